The van der Waals surface area contributed by atoms with Crippen molar-refractivity contribution >= 4 is 29.4 Å². The molecule has 1 amide bonds. The molecule has 1 aliphatic heterocycles. The number of thioether (sulfide) groups is 2. The summed E-state index contributed by atoms with van der Waals surface area (Å²) in [5, 5.41) is -5.02. The van der Waals surface area contributed by atoms with E-state index in [2.05, 4.69) is 0 Å². The quantitative estimate of drug-likeness (QED) is 0.816. The second-order valence-corrected chi connectivity index (χ2v) is 7.88. The first-order chi connectivity index (χ1) is 10.9. The van der Waals surface area contributed by atoms with Crippen LogP contribution < -0.4 is 0 Å². The van der Waals surface area contributed by atoms with Crippen LogP contribution in [0.4, 0.5) is 8.78 Å². The molecule has 6 heteroatoms. The van der Waals surface area contributed by atoms with Gasteiger partial charge in [0.1, 0.15) is 0 Å². The first-order valence-electron chi connectivity index (χ1n) is 7.06. The minimum absolute atomic E-state index is 0.290. The number of carbonyl (C=O) groups excluding carboxylic acids is 1. The van der Waals surface area contributed by atoms with Gasteiger partial charge in [0.2, 0.25) is 5.00 Å². The molecule has 0 aliphatic carbocycles. The van der Waals surface area contributed by atoms with Gasteiger partial charge in [-0.1, -0.05) is 59.9 Å². The number of amides is 1. The molecule has 0 spiro atoms. The van der Waals surface area contributed by atoms with E-state index >= 15 is 8.78 Å². The molecule has 23 heavy (non-hydrogen) atoms. The molecule has 0 N–H and O–H groups in total. The number of halogens is 2. The van der Waals surface area contributed by atoms with E-state index in [1.165, 1.54) is 7.05 Å². The maximum absolute atomic E-state index is 15.6. The number of carbonyl (C=O) groups is 1. The molecule has 0 bridgehead atoms. The van der Waals surface area contributed by atoms with Gasteiger partial charge < -0.3 is 4.90 Å². The summed E-state index contributed by atoms with van der Waals surface area (Å²) < 4.78 is 31.1. The zero-order valence-corrected chi connectivity index (χ0v) is 14.0. The van der Waals surface area contributed by atoms with E-state index in [0.717, 1.165) is 16.7 Å². The lowest BCUT2D eigenvalue weighted by Crippen LogP contribution is -2.43. The van der Waals surface area contributed by atoms with Gasteiger partial charge in [-0.2, -0.15) is 0 Å². The van der Waals surface area contributed by atoms with Crippen molar-refractivity contribution < 1.29 is 13.6 Å². The number of hydrogen-bond acceptors (Lipinski definition) is 3. The molecule has 3 rings (SSSR count). The van der Waals surface area contributed by atoms with E-state index in [9.17, 15) is 4.79 Å². The van der Waals surface area contributed by atoms with Gasteiger partial charge in [-0.05, 0) is 24.3 Å². The van der Waals surface area contributed by atoms with Crippen molar-refractivity contribution in [3.63, 3.8) is 0 Å². The van der Waals surface area contributed by atoms with Crippen LogP contribution in [-0.4, -0.2) is 34.4 Å². The summed E-state index contributed by atoms with van der Waals surface area (Å²) >= 11 is 1.40. The van der Waals surface area contributed by atoms with Crippen LogP contribution in [0.15, 0.2) is 70.5 Å². The minimum atomic E-state index is -2.66. The fourth-order valence-corrected chi connectivity index (χ4v) is 4.90. The van der Waals surface area contributed by atoms with Crippen molar-refractivity contribution in [1.29, 1.82) is 0 Å². The topological polar surface area (TPSA) is 20.3 Å². The molecule has 0 unspecified atom stereocenters. The predicted molar refractivity (Wildman–Crippen MR) is 89.9 cm³/mol. The number of hydrogen-bond donors (Lipinski definition) is 0. The van der Waals surface area contributed by atoms with Crippen LogP contribution in [-0.2, 0) is 4.79 Å². The van der Waals surface area contributed by atoms with E-state index in [-0.39, 0.29) is 6.54 Å². The third-order valence-corrected chi connectivity index (χ3v) is 6.23. The van der Waals surface area contributed by atoms with Gasteiger partial charge in [0, 0.05) is 16.8 Å². The van der Waals surface area contributed by atoms with Crippen molar-refractivity contribution in [1.82, 2.24) is 4.90 Å². The molecule has 2 atom stereocenters. The number of nitrogens with zero attached hydrogens (tertiary/aromatic N) is 1. The average molecular weight is 351 g/mol. The van der Waals surface area contributed by atoms with E-state index in [1.807, 2.05) is 6.07 Å². The lowest BCUT2D eigenvalue weighted by molar-refractivity contribution is -0.132. The monoisotopic (exact) mass is 351 g/mol. The molecule has 0 aromatic heterocycles. The Bertz CT molecular complexity index is 700. The summed E-state index contributed by atoms with van der Waals surface area (Å²) in [4.78, 5) is 14.5. The van der Waals surface area contributed by atoms with Gasteiger partial charge in [0.25, 0.3) is 10.9 Å². The van der Waals surface area contributed by atoms with Crippen LogP contribution >= 0.6 is 23.5 Å². The molecule has 1 saturated heterocycles. The number of likely N-dealkylation sites (tertiary alicyclic amines) is 1. The fourth-order valence-electron chi connectivity index (χ4n) is 2.43. The first-order valence-corrected chi connectivity index (χ1v) is 8.69. The van der Waals surface area contributed by atoms with Crippen LogP contribution in [0.2, 0.25) is 0 Å². The SMILES string of the molecule is CN1C[C@](F)(Sc2ccccc2)[C@](F)(Sc2ccccc2)C1=O. The molecule has 2 aromatic carbocycles. The van der Waals surface area contributed by atoms with E-state index in [4.69, 9.17) is 0 Å². The Kier molecular flexibility index (Phi) is 4.38. The maximum atomic E-state index is 15.6. The first kappa shape index (κ1) is 16.3. The van der Waals surface area contributed by atoms with Crippen LogP contribution in [0.25, 0.3) is 0 Å². The molecule has 1 aliphatic rings. The van der Waals surface area contributed by atoms with Crippen molar-refractivity contribution in [2.75, 3.05) is 13.6 Å². The smallest absolute Gasteiger partial charge is 0.283 e. The molecular weight excluding hydrogens is 336 g/mol. The Balaban J connectivity index is 1.95. The maximum Gasteiger partial charge on any atom is 0.283 e. The zero-order valence-electron chi connectivity index (χ0n) is 12.4. The van der Waals surface area contributed by atoms with E-state index in [1.54, 1.807) is 54.6 Å². The highest BCUT2D eigenvalue weighted by molar-refractivity contribution is 8.05. The second-order valence-electron chi connectivity index (χ2n) is 5.32. The Hall–Kier alpha value is -1.53. The van der Waals surface area contributed by atoms with E-state index in [0.29, 0.717) is 21.6 Å². The largest absolute Gasteiger partial charge is 0.338 e. The summed E-state index contributed by atoms with van der Waals surface area (Å²) in [6.45, 7) is -0.290. The summed E-state index contributed by atoms with van der Waals surface area (Å²) in [5.74, 6) is -0.836. The predicted octanol–water partition coefficient (Wildman–Crippen LogP) is 4.37. The van der Waals surface area contributed by atoms with Crippen LogP contribution in [0.3, 0.4) is 0 Å². The number of benzene rings is 2. The van der Waals surface area contributed by atoms with Gasteiger partial charge in [-0.3, -0.25) is 4.79 Å². The standard InChI is InChI=1S/C17H15F2NOS2/c1-20-12-16(18,22-13-8-4-2-5-9-13)17(19,15(20)21)23-14-10-6-3-7-11-14/h2-11H,12H2,1H3/t16-,17+/m0/s1. The van der Waals surface area contributed by atoms with Crippen LogP contribution in [0, 0.1) is 0 Å². The van der Waals surface area contributed by atoms with Gasteiger partial charge in [0.05, 0.1) is 6.54 Å². The molecule has 0 saturated carbocycles. The molecule has 2 nitrogen and oxygen atoms in total. The fraction of sp³-hybridized carbons (Fsp3) is 0.235. The molecule has 0 radical (unpaired) electrons. The minimum Gasteiger partial charge on any atom is -0.338 e. The molecule has 2 aromatic rings. The van der Waals surface area contributed by atoms with Crippen LogP contribution in [0.1, 0.15) is 0 Å². The summed E-state index contributed by atoms with van der Waals surface area (Å²) in [7, 11) is 1.43. The summed E-state index contributed by atoms with van der Waals surface area (Å²) in [5.41, 5.74) is 0. The number of alkyl halides is 2. The number of rotatable bonds is 4. The lowest BCUT2D eigenvalue weighted by atomic mass is 10.3. The highest BCUT2D eigenvalue weighted by atomic mass is 32.2. The van der Waals surface area contributed by atoms with Gasteiger partial charge in [0.15, 0.2) is 0 Å². The summed E-state index contributed by atoms with van der Waals surface area (Å²) in [6.07, 6.45) is 0. The second kappa shape index (κ2) is 6.17. The van der Waals surface area contributed by atoms with Crippen molar-refractivity contribution in [3.05, 3.63) is 60.7 Å². The van der Waals surface area contributed by atoms with Gasteiger partial charge in [-0.25, -0.2) is 8.78 Å². The Morgan fingerprint density at radius 3 is 1.91 bits per heavy atom. The summed E-state index contributed by atoms with van der Waals surface area (Å²) in [6, 6.07) is 17.4. The van der Waals surface area contributed by atoms with E-state index < -0.39 is 15.9 Å². The Labute approximate surface area is 142 Å². The Morgan fingerprint density at radius 2 is 1.39 bits per heavy atom. The van der Waals surface area contributed by atoms with Gasteiger partial charge in [-0.15, -0.1) is 0 Å². The molecule has 1 fully saturated rings. The zero-order chi connectivity index (χ0) is 16.5. The van der Waals surface area contributed by atoms with Crippen LogP contribution in [0.5, 0.6) is 0 Å². The van der Waals surface area contributed by atoms with Crippen molar-refractivity contribution in [2.45, 2.75) is 19.8 Å². The Morgan fingerprint density at radius 1 is 0.913 bits per heavy atom. The lowest BCUT2D eigenvalue weighted by Gasteiger charge is -2.29. The van der Waals surface area contributed by atoms with Crippen molar-refractivity contribution in [2.24, 2.45) is 0 Å². The average Bonchev–Trinajstić information content (AvgIpc) is 2.70. The molecule has 120 valence electrons. The van der Waals surface area contributed by atoms with Gasteiger partial charge >= 0.3 is 0 Å². The van der Waals surface area contributed by atoms with Crippen molar-refractivity contribution in [3.8, 4) is 0 Å². The molecular formula is C17H15F2NOS2. The third kappa shape index (κ3) is 2.97. The molecule has 1 heterocycles. The highest BCUT2D eigenvalue weighted by Gasteiger charge is 2.67. The normalized spacial score (nSPS) is 27.4. The highest BCUT2D eigenvalue weighted by Crippen LogP contribution is 2.56. The third-order valence-electron chi connectivity index (χ3n) is 3.57.